The van der Waals surface area contributed by atoms with Gasteiger partial charge < -0.3 is 4.42 Å². The average Bonchev–Trinajstić information content (AvgIpc) is 3.47. The van der Waals surface area contributed by atoms with Gasteiger partial charge in [0, 0.05) is 33.7 Å². The van der Waals surface area contributed by atoms with Gasteiger partial charge in [-0.3, -0.25) is 4.98 Å². The summed E-state index contributed by atoms with van der Waals surface area (Å²) in [4.78, 5) is 19.4. The number of benzene rings is 6. The van der Waals surface area contributed by atoms with Crippen LogP contribution in [0.1, 0.15) is 0 Å². The van der Waals surface area contributed by atoms with Crippen molar-refractivity contribution in [2.45, 2.75) is 0 Å². The van der Waals surface area contributed by atoms with Gasteiger partial charge >= 0.3 is 0 Å². The molecule has 5 nitrogen and oxygen atoms in total. The molecule has 0 bridgehead atoms. The molecule has 0 saturated heterocycles. The molecule has 5 heteroatoms. The van der Waals surface area contributed by atoms with Crippen LogP contribution in [-0.4, -0.2) is 19.9 Å². The highest BCUT2D eigenvalue weighted by Crippen LogP contribution is 2.37. The van der Waals surface area contributed by atoms with Crippen molar-refractivity contribution in [3.63, 3.8) is 0 Å². The van der Waals surface area contributed by atoms with E-state index < -0.39 is 0 Å². The molecular weight excluding hydrogens is 528 g/mol. The van der Waals surface area contributed by atoms with Crippen molar-refractivity contribution >= 4 is 54.3 Å². The zero-order valence-corrected chi connectivity index (χ0v) is 22.9. The average molecular weight is 551 g/mol. The number of rotatable bonds is 3. The molecular formula is C38H22N4O. The number of aromatic nitrogens is 4. The maximum atomic E-state index is 6.13. The van der Waals surface area contributed by atoms with E-state index in [9.17, 15) is 0 Å². The smallest absolute Gasteiger partial charge is 0.164 e. The Labute approximate surface area is 246 Å². The molecule has 0 aliphatic carbocycles. The Kier molecular flexibility index (Phi) is 5.13. The van der Waals surface area contributed by atoms with Crippen LogP contribution in [0.5, 0.6) is 0 Å². The molecule has 9 aromatic rings. The molecule has 0 atom stereocenters. The lowest BCUT2D eigenvalue weighted by Gasteiger charge is -2.11. The Hall–Kier alpha value is -5.94. The molecule has 0 aliphatic rings. The summed E-state index contributed by atoms with van der Waals surface area (Å²) in [5.74, 6) is 1.84. The van der Waals surface area contributed by atoms with E-state index in [2.05, 4.69) is 71.7 Å². The zero-order chi connectivity index (χ0) is 28.3. The van der Waals surface area contributed by atoms with Crippen molar-refractivity contribution < 1.29 is 4.42 Å². The second-order valence-corrected chi connectivity index (χ2v) is 10.7. The summed E-state index contributed by atoms with van der Waals surface area (Å²) in [7, 11) is 0. The minimum absolute atomic E-state index is 0.595. The van der Waals surface area contributed by atoms with Gasteiger partial charge in [0.15, 0.2) is 23.1 Å². The standard InChI is InChI=1S/C38H22N4O/c1-2-8-26(9-3-1)36-40-37(42-38(41-36)30-11-6-12-32-35(30)29-19-20-39-22-33(29)43-32)27-18-15-24-14-17-25-16-13-23-7-4-5-10-28(23)34(25)31(24)21-27/h1-22H. The first-order chi connectivity index (χ1) is 21.3. The highest BCUT2D eigenvalue weighted by molar-refractivity contribution is 6.20. The minimum Gasteiger partial charge on any atom is -0.454 e. The molecule has 43 heavy (non-hydrogen) atoms. The number of furan rings is 1. The Bertz CT molecular complexity index is 2510. The largest absolute Gasteiger partial charge is 0.454 e. The quantitative estimate of drug-likeness (QED) is 0.205. The van der Waals surface area contributed by atoms with E-state index in [1.54, 1.807) is 12.4 Å². The molecule has 0 saturated carbocycles. The summed E-state index contributed by atoms with van der Waals surface area (Å²) in [5, 5.41) is 9.18. The van der Waals surface area contributed by atoms with E-state index >= 15 is 0 Å². The number of nitrogens with zero attached hydrogens (tertiary/aromatic N) is 4. The second kappa shape index (κ2) is 9.29. The van der Waals surface area contributed by atoms with Gasteiger partial charge in [-0.2, -0.15) is 0 Å². The molecule has 200 valence electrons. The van der Waals surface area contributed by atoms with Crippen molar-refractivity contribution in [1.82, 2.24) is 19.9 Å². The lowest BCUT2D eigenvalue weighted by molar-refractivity contribution is 0.667. The summed E-state index contributed by atoms with van der Waals surface area (Å²) in [6.45, 7) is 0. The fourth-order valence-corrected chi connectivity index (χ4v) is 6.17. The van der Waals surface area contributed by atoms with Gasteiger partial charge in [0.1, 0.15) is 5.58 Å². The molecule has 0 N–H and O–H groups in total. The summed E-state index contributed by atoms with van der Waals surface area (Å²) < 4.78 is 6.13. The van der Waals surface area contributed by atoms with Gasteiger partial charge in [0.2, 0.25) is 0 Å². The van der Waals surface area contributed by atoms with Gasteiger partial charge in [-0.1, -0.05) is 103 Å². The normalized spacial score (nSPS) is 11.7. The summed E-state index contributed by atoms with van der Waals surface area (Å²) in [5.41, 5.74) is 4.25. The van der Waals surface area contributed by atoms with E-state index in [1.807, 2.05) is 54.6 Å². The van der Waals surface area contributed by atoms with Crippen LogP contribution in [-0.2, 0) is 0 Å². The predicted octanol–water partition coefficient (Wildman–Crippen LogP) is 9.63. The lowest BCUT2D eigenvalue weighted by Crippen LogP contribution is -2.00. The van der Waals surface area contributed by atoms with Crippen molar-refractivity contribution in [1.29, 1.82) is 0 Å². The molecule has 3 heterocycles. The van der Waals surface area contributed by atoms with E-state index in [4.69, 9.17) is 19.4 Å². The number of hydrogen-bond acceptors (Lipinski definition) is 5. The van der Waals surface area contributed by atoms with Crippen LogP contribution in [0.2, 0.25) is 0 Å². The van der Waals surface area contributed by atoms with Crippen molar-refractivity contribution in [2.75, 3.05) is 0 Å². The van der Waals surface area contributed by atoms with Crippen LogP contribution in [0.15, 0.2) is 138 Å². The summed E-state index contributed by atoms with van der Waals surface area (Å²) in [6.07, 6.45) is 3.53. The summed E-state index contributed by atoms with van der Waals surface area (Å²) in [6, 6.07) is 41.8. The van der Waals surface area contributed by atoms with Gasteiger partial charge in [-0.05, 0) is 50.5 Å². The third-order valence-corrected chi connectivity index (χ3v) is 8.19. The van der Waals surface area contributed by atoms with Gasteiger partial charge in [-0.15, -0.1) is 0 Å². The Balaban J connectivity index is 1.33. The van der Waals surface area contributed by atoms with Gasteiger partial charge in [0.05, 0.1) is 6.20 Å². The van der Waals surface area contributed by atoms with E-state index in [-0.39, 0.29) is 0 Å². The highest BCUT2D eigenvalue weighted by Gasteiger charge is 2.18. The molecule has 9 rings (SSSR count). The molecule has 6 aromatic carbocycles. The van der Waals surface area contributed by atoms with Gasteiger partial charge in [-0.25, -0.2) is 15.0 Å². The Morgan fingerprint density at radius 2 is 1.16 bits per heavy atom. The van der Waals surface area contributed by atoms with E-state index in [0.717, 1.165) is 38.6 Å². The van der Waals surface area contributed by atoms with Crippen molar-refractivity contribution in [3.05, 3.63) is 134 Å². The number of hydrogen-bond donors (Lipinski definition) is 0. The molecule has 0 fully saturated rings. The topological polar surface area (TPSA) is 64.7 Å². The van der Waals surface area contributed by atoms with E-state index in [1.165, 1.54) is 32.3 Å². The fraction of sp³-hybridized carbons (Fsp3) is 0. The first-order valence-electron chi connectivity index (χ1n) is 14.2. The van der Waals surface area contributed by atoms with Gasteiger partial charge in [0.25, 0.3) is 0 Å². The van der Waals surface area contributed by atoms with Crippen molar-refractivity contribution in [2.24, 2.45) is 0 Å². The van der Waals surface area contributed by atoms with Crippen LogP contribution in [0.3, 0.4) is 0 Å². The highest BCUT2D eigenvalue weighted by atomic mass is 16.3. The zero-order valence-electron chi connectivity index (χ0n) is 22.9. The molecule has 0 radical (unpaired) electrons. The first-order valence-corrected chi connectivity index (χ1v) is 14.2. The monoisotopic (exact) mass is 550 g/mol. The van der Waals surface area contributed by atoms with Crippen LogP contribution >= 0.6 is 0 Å². The Morgan fingerprint density at radius 3 is 2.05 bits per heavy atom. The fourth-order valence-electron chi connectivity index (χ4n) is 6.17. The van der Waals surface area contributed by atoms with Crippen molar-refractivity contribution in [3.8, 4) is 34.2 Å². The number of fused-ring (bicyclic) bond motifs is 8. The maximum absolute atomic E-state index is 6.13. The Morgan fingerprint density at radius 1 is 0.442 bits per heavy atom. The molecule has 3 aromatic heterocycles. The second-order valence-electron chi connectivity index (χ2n) is 10.7. The molecule has 0 spiro atoms. The summed E-state index contributed by atoms with van der Waals surface area (Å²) >= 11 is 0. The SMILES string of the molecule is c1ccc(-c2nc(-c3ccc4ccc5ccc6ccccc6c5c4c3)nc(-c3cccc4oc5cnccc5c34)n2)cc1. The van der Waals surface area contributed by atoms with Crippen LogP contribution in [0, 0.1) is 0 Å². The van der Waals surface area contributed by atoms with Crippen LogP contribution in [0.4, 0.5) is 0 Å². The maximum Gasteiger partial charge on any atom is 0.164 e. The molecule has 0 amide bonds. The van der Waals surface area contributed by atoms with Crippen LogP contribution in [0.25, 0.3) is 88.4 Å². The van der Waals surface area contributed by atoms with E-state index in [0.29, 0.717) is 17.5 Å². The number of pyridine rings is 1. The minimum atomic E-state index is 0.595. The predicted molar refractivity (Wildman–Crippen MR) is 174 cm³/mol. The first kappa shape index (κ1) is 23.7. The third-order valence-electron chi connectivity index (χ3n) is 8.19. The molecule has 0 unspecified atom stereocenters. The molecule has 0 aliphatic heterocycles. The lowest BCUT2D eigenvalue weighted by atomic mass is 9.95. The van der Waals surface area contributed by atoms with Crippen LogP contribution < -0.4 is 0 Å². The third kappa shape index (κ3) is 3.79.